The second-order valence-electron chi connectivity index (χ2n) is 5.17. The molecule has 1 unspecified atom stereocenters. The largest absolute Gasteiger partial charge is 0.491 e. The van der Waals surface area contributed by atoms with E-state index in [1.54, 1.807) is 0 Å². The zero-order chi connectivity index (χ0) is 13.1. The Kier molecular flexibility index (Phi) is 3.97. The van der Waals surface area contributed by atoms with Crippen molar-refractivity contribution in [3.63, 3.8) is 0 Å². The highest BCUT2D eigenvalue weighted by Gasteiger charge is 2.18. The molecule has 1 atom stereocenters. The van der Waals surface area contributed by atoms with Crippen LogP contribution in [0.25, 0.3) is 0 Å². The van der Waals surface area contributed by atoms with Crippen molar-refractivity contribution in [1.29, 1.82) is 0 Å². The Hall–Kier alpha value is -1.42. The van der Waals surface area contributed by atoms with Gasteiger partial charge in [-0.3, -0.25) is 0 Å². The third kappa shape index (κ3) is 3.29. The quantitative estimate of drug-likeness (QED) is 0.806. The summed E-state index contributed by atoms with van der Waals surface area (Å²) < 4.78 is 5.68. The Bertz CT molecular complexity index is 407. The minimum absolute atomic E-state index is 0.131. The molecule has 0 spiro atoms. The van der Waals surface area contributed by atoms with Crippen LogP contribution >= 0.6 is 0 Å². The normalized spacial score (nSPS) is 20.2. The van der Waals surface area contributed by atoms with Crippen molar-refractivity contribution in [2.24, 2.45) is 0 Å². The van der Waals surface area contributed by atoms with E-state index in [2.05, 4.69) is 4.90 Å². The van der Waals surface area contributed by atoms with Crippen molar-refractivity contribution in [3.8, 4) is 5.75 Å². The minimum Gasteiger partial charge on any atom is -0.491 e. The van der Waals surface area contributed by atoms with Crippen LogP contribution in [-0.4, -0.2) is 30.4 Å². The van der Waals surface area contributed by atoms with Crippen molar-refractivity contribution >= 4 is 11.4 Å². The van der Waals surface area contributed by atoms with Crippen LogP contribution in [0.1, 0.15) is 26.7 Å². The molecule has 4 nitrogen and oxygen atoms in total. The van der Waals surface area contributed by atoms with Gasteiger partial charge in [0.2, 0.25) is 0 Å². The van der Waals surface area contributed by atoms with E-state index < -0.39 is 0 Å². The first-order chi connectivity index (χ1) is 8.54. The van der Waals surface area contributed by atoms with Crippen LogP contribution in [0.5, 0.6) is 5.75 Å². The number of nitrogens with zero attached hydrogens (tertiary/aromatic N) is 1. The highest BCUT2D eigenvalue weighted by atomic mass is 16.5. The van der Waals surface area contributed by atoms with E-state index in [4.69, 9.17) is 10.5 Å². The standard InChI is InChI=1S/C14H22N2O2/c1-10(2)18-14-7-11(15)6-12(8-14)16-5-3-4-13(17)9-16/h6-8,10,13,17H,3-5,9,15H2,1-2H3. The summed E-state index contributed by atoms with van der Waals surface area (Å²) in [6.45, 7) is 5.62. The van der Waals surface area contributed by atoms with Crippen LogP contribution in [-0.2, 0) is 0 Å². The number of aliphatic hydroxyl groups excluding tert-OH is 1. The summed E-state index contributed by atoms with van der Waals surface area (Å²) in [6.07, 6.45) is 1.78. The maximum Gasteiger partial charge on any atom is 0.123 e. The molecular formula is C14H22N2O2. The van der Waals surface area contributed by atoms with Crippen LogP contribution < -0.4 is 15.4 Å². The molecule has 2 rings (SSSR count). The maximum absolute atomic E-state index is 9.72. The molecule has 0 radical (unpaired) electrons. The summed E-state index contributed by atoms with van der Waals surface area (Å²) in [7, 11) is 0. The van der Waals surface area contributed by atoms with E-state index in [1.165, 1.54) is 0 Å². The molecule has 1 saturated heterocycles. The molecule has 1 aliphatic heterocycles. The van der Waals surface area contributed by atoms with Gasteiger partial charge in [0.05, 0.1) is 12.2 Å². The maximum atomic E-state index is 9.72. The second-order valence-corrected chi connectivity index (χ2v) is 5.17. The summed E-state index contributed by atoms with van der Waals surface area (Å²) in [5, 5.41) is 9.72. The molecule has 1 aromatic rings. The number of anilines is 2. The molecule has 18 heavy (non-hydrogen) atoms. The molecule has 0 aromatic heterocycles. The van der Waals surface area contributed by atoms with E-state index in [-0.39, 0.29) is 12.2 Å². The third-order valence-electron chi connectivity index (χ3n) is 3.05. The van der Waals surface area contributed by atoms with Gasteiger partial charge in [-0.05, 0) is 32.8 Å². The average Bonchev–Trinajstić information content (AvgIpc) is 2.27. The fourth-order valence-electron chi connectivity index (χ4n) is 2.32. The number of hydrogen-bond donors (Lipinski definition) is 2. The van der Waals surface area contributed by atoms with Gasteiger partial charge in [-0.1, -0.05) is 0 Å². The summed E-state index contributed by atoms with van der Waals surface area (Å²) in [5.74, 6) is 0.792. The molecule has 0 amide bonds. The van der Waals surface area contributed by atoms with Crippen molar-refractivity contribution < 1.29 is 9.84 Å². The van der Waals surface area contributed by atoms with E-state index in [0.717, 1.165) is 30.8 Å². The Labute approximate surface area is 108 Å². The monoisotopic (exact) mass is 250 g/mol. The van der Waals surface area contributed by atoms with Crippen LogP contribution in [0.2, 0.25) is 0 Å². The number of nitrogen functional groups attached to an aromatic ring is 1. The number of ether oxygens (including phenoxy) is 1. The Morgan fingerprint density at radius 3 is 2.83 bits per heavy atom. The predicted molar refractivity (Wildman–Crippen MR) is 74.1 cm³/mol. The molecule has 1 heterocycles. The van der Waals surface area contributed by atoms with E-state index in [1.807, 2.05) is 32.0 Å². The summed E-state index contributed by atoms with van der Waals surface area (Å²) in [5.41, 5.74) is 7.64. The molecule has 1 fully saturated rings. The molecule has 0 bridgehead atoms. The number of benzene rings is 1. The van der Waals surface area contributed by atoms with Crippen LogP contribution in [0.15, 0.2) is 18.2 Å². The van der Waals surface area contributed by atoms with Crippen molar-refractivity contribution in [2.45, 2.75) is 38.9 Å². The summed E-state index contributed by atoms with van der Waals surface area (Å²) in [4.78, 5) is 2.16. The van der Waals surface area contributed by atoms with Gasteiger partial charge in [0.25, 0.3) is 0 Å². The lowest BCUT2D eigenvalue weighted by Gasteiger charge is -2.32. The molecule has 100 valence electrons. The molecule has 4 heteroatoms. The Balaban J connectivity index is 2.18. The van der Waals surface area contributed by atoms with E-state index in [9.17, 15) is 5.11 Å². The number of rotatable bonds is 3. The number of β-amino-alcohol motifs (C(OH)–C–C–N with tert-alkyl or cyclic N) is 1. The van der Waals surface area contributed by atoms with Gasteiger partial charge in [-0.2, -0.15) is 0 Å². The van der Waals surface area contributed by atoms with Gasteiger partial charge in [0.1, 0.15) is 5.75 Å². The van der Waals surface area contributed by atoms with Gasteiger partial charge in [0.15, 0.2) is 0 Å². The smallest absolute Gasteiger partial charge is 0.123 e. The van der Waals surface area contributed by atoms with Gasteiger partial charge in [-0.25, -0.2) is 0 Å². The highest BCUT2D eigenvalue weighted by molar-refractivity contribution is 5.60. The first-order valence-electron chi connectivity index (χ1n) is 6.55. The Morgan fingerprint density at radius 2 is 2.17 bits per heavy atom. The third-order valence-corrected chi connectivity index (χ3v) is 3.05. The SMILES string of the molecule is CC(C)Oc1cc(N)cc(N2CCCC(O)C2)c1. The van der Waals surface area contributed by atoms with Gasteiger partial charge in [0, 0.05) is 36.6 Å². The zero-order valence-corrected chi connectivity index (χ0v) is 11.1. The van der Waals surface area contributed by atoms with Crippen LogP contribution in [0.4, 0.5) is 11.4 Å². The molecular weight excluding hydrogens is 228 g/mol. The van der Waals surface area contributed by atoms with Crippen LogP contribution in [0, 0.1) is 0 Å². The fraction of sp³-hybridized carbons (Fsp3) is 0.571. The number of piperidine rings is 1. The molecule has 0 aliphatic carbocycles. The fourth-order valence-corrected chi connectivity index (χ4v) is 2.32. The minimum atomic E-state index is -0.241. The Morgan fingerprint density at radius 1 is 1.39 bits per heavy atom. The van der Waals surface area contributed by atoms with Crippen molar-refractivity contribution in [1.82, 2.24) is 0 Å². The highest BCUT2D eigenvalue weighted by Crippen LogP contribution is 2.28. The predicted octanol–water partition coefficient (Wildman–Crippen LogP) is 2.02. The number of nitrogens with two attached hydrogens (primary N) is 1. The van der Waals surface area contributed by atoms with Crippen molar-refractivity contribution in [3.05, 3.63) is 18.2 Å². The average molecular weight is 250 g/mol. The van der Waals surface area contributed by atoms with E-state index in [0.29, 0.717) is 12.2 Å². The molecule has 1 aromatic carbocycles. The van der Waals surface area contributed by atoms with Crippen LogP contribution in [0.3, 0.4) is 0 Å². The summed E-state index contributed by atoms with van der Waals surface area (Å²) in [6, 6.07) is 5.77. The number of hydrogen-bond acceptors (Lipinski definition) is 4. The summed E-state index contributed by atoms with van der Waals surface area (Å²) >= 11 is 0. The van der Waals surface area contributed by atoms with E-state index >= 15 is 0 Å². The molecule has 0 saturated carbocycles. The first-order valence-corrected chi connectivity index (χ1v) is 6.55. The van der Waals surface area contributed by atoms with Gasteiger partial charge >= 0.3 is 0 Å². The lowest BCUT2D eigenvalue weighted by Crippen LogP contribution is -2.38. The second kappa shape index (κ2) is 5.48. The molecule has 1 aliphatic rings. The number of aliphatic hydroxyl groups is 1. The van der Waals surface area contributed by atoms with Gasteiger partial charge < -0.3 is 20.5 Å². The molecule has 3 N–H and O–H groups in total. The lowest BCUT2D eigenvalue weighted by molar-refractivity contribution is 0.154. The lowest BCUT2D eigenvalue weighted by atomic mass is 10.1. The van der Waals surface area contributed by atoms with Crippen molar-refractivity contribution in [2.75, 3.05) is 23.7 Å². The topological polar surface area (TPSA) is 58.7 Å². The first kappa shape index (κ1) is 13.0. The zero-order valence-electron chi connectivity index (χ0n) is 11.1. The van der Waals surface area contributed by atoms with Gasteiger partial charge in [-0.15, -0.1) is 0 Å².